The number of carbonyl (C=O) groups excluding carboxylic acids is 2. The lowest BCUT2D eigenvalue weighted by Crippen LogP contribution is -2.23. The van der Waals surface area contributed by atoms with Crippen LogP contribution in [-0.2, 0) is 20.5 Å². The first kappa shape index (κ1) is 19.1. The van der Waals surface area contributed by atoms with Crippen molar-refractivity contribution >= 4 is 17.5 Å². The van der Waals surface area contributed by atoms with Gasteiger partial charge >= 0.3 is 12.1 Å². The van der Waals surface area contributed by atoms with Gasteiger partial charge in [-0.25, -0.2) is 9.18 Å². The summed E-state index contributed by atoms with van der Waals surface area (Å²) in [4.78, 5) is 27.9. The number of nitrogens with zero attached hydrogens (tertiary/aromatic N) is 1. The van der Waals surface area contributed by atoms with Crippen LogP contribution in [0.1, 0.15) is 36.8 Å². The van der Waals surface area contributed by atoms with E-state index in [2.05, 4.69) is 9.73 Å². The fourth-order valence-corrected chi connectivity index (χ4v) is 2.77. The molecule has 0 aromatic heterocycles. The number of alkyl halides is 4. The van der Waals surface area contributed by atoms with Crippen LogP contribution in [0, 0.1) is 0 Å². The molecule has 1 saturated carbocycles. The molecule has 0 saturated heterocycles. The number of hydrogen-bond donors (Lipinski definition) is 0. The van der Waals surface area contributed by atoms with Crippen molar-refractivity contribution in [3.05, 3.63) is 35.4 Å². The lowest BCUT2D eigenvalue weighted by atomic mass is 9.93. The third kappa shape index (κ3) is 4.05. The number of rotatable bonds is 4. The molecule has 0 spiro atoms. The fourth-order valence-electron chi connectivity index (χ4n) is 2.77. The maximum Gasteiger partial charge on any atom is 0.416 e. The average molecular weight is 359 g/mol. The zero-order chi connectivity index (χ0) is 18.8. The SMILES string of the molecule is CCC(N=C1CC(F)C(=O)C1c1cccc(C(F)(F)F)c1)C(=O)OC. The molecule has 1 aromatic rings. The zero-order valence-corrected chi connectivity index (χ0v) is 13.6. The zero-order valence-electron chi connectivity index (χ0n) is 13.6. The summed E-state index contributed by atoms with van der Waals surface area (Å²) in [6, 6.07) is 3.24. The Balaban J connectivity index is 2.46. The molecule has 1 fully saturated rings. The van der Waals surface area contributed by atoms with Gasteiger partial charge in [-0.3, -0.25) is 9.79 Å². The van der Waals surface area contributed by atoms with Gasteiger partial charge in [-0.15, -0.1) is 0 Å². The number of ketones is 1. The summed E-state index contributed by atoms with van der Waals surface area (Å²) in [5.41, 5.74) is -0.855. The first-order chi connectivity index (χ1) is 11.7. The summed E-state index contributed by atoms with van der Waals surface area (Å²) in [5, 5.41) is 0. The minimum Gasteiger partial charge on any atom is -0.467 e. The molecule has 0 N–H and O–H groups in total. The molecular formula is C17H17F4NO3. The summed E-state index contributed by atoms with van der Waals surface area (Å²) in [6.45, 7) is 1.66. The van der Waals surface area contributed by atoms with Crippen molar-refractivity contribution in [2.45, 2.75) is 44.1 Å². The van der Waals surface area contributed by atoms with Crippen LogP contribution in [0.4, 0.5) is 17.6 Å². The second-order valence-corrected chi connectivity index (χ2v) is 5.70. The molecule has 3 unspecified atom stereocenters. The quantitative estimate of drug-likeness (QED) is 0.611. The number of carbonyl (C=O) groups is 2. The highest BCUT2D eigenvalue weighted by Gasteiger charge is 2.42. The summed E-state index contributed by atoms with van der Waals surface area (Å²) < 4.78 is 57.2. The predicted octanol–water partition coefficient (Wildman–Crippen LogP) is 3.49. The largest absolute Gasteiger partial charge is 0.467 e. The van der Waals surface area contributed by atoms with Gasteiger partial charge < -0.3 is 4.74 Å². The Bertz CT molecular complexity index is 699. The van der Waals surface area contributed by atoms with Crippen molar-refractivity contribution in [3.63, 3.8) is 0 Å². The van der Waals surface area contributed by atoms with E-state index in [1.54, 1.807) is 6.92 Å². The second-order valence-electron chi connectivity index (χ2n) is 5.70. The van der Waals surface area contributed by atoms with Crippen LogP contribution in [0.3, 0.4) is 0 Å². The van der Waals surface area contributed by atoms with E-state index in [9.17, 15) is 27.2 Å². The first-order valence-corrected chi connectivity index (χ1v) is 7.68. The molecule has 1 aliphatic carbocycles. The van der Waals surface area contributed by atoms with Gasteiger partial charge in [0.2, 0.25) is 0 Å². The number of ether oxygens (including phenoxy) is 1. The van der Waals surface area contributed by atoms with E-state index in [1.807, 2.05) is 0 Å². The molecule has 2 rings (SSSR count). The van der Waals surface area contributed by atoms with Crippen LogP contribution < -0.4 is 0 Å². The van der Waals surface area contributed by atoms with Crippen molar-refractivity contribution in [1.29, 1.82) is 0 Å². The Labute approximate surface area is 141 Å². The van der Waals surface area contributed by atoms with Crippen molar-refractivity contribution in [2.24, 2.45) is 4.99 Å². The van der Waals surface area contributed by atoms with Crippen LogP contribution in [0.2, 0.25) is 0 Å². The fraction of sp³-hybridized carbons (Fsp3) is 0.471. The second kappa shape index (κ2) is 7.33. The standard InChI is InChI=1S/C17H17F4NO3/c1-3-12(16(24)25-2)22-13-8-11(18)15(23)14(13)9-5-4-6-10(7-9)17(19,20)21/h4-7,11-12,14H,3,8H2,1-2H3. The van der Waals surface area contributed by atoms with E-state index in [1.165, 1.54) is 13.2 Å². The Kier molecular flexibility index (Phi) is 5.59. The predicted molar refractivity (Wildman–Crippen MR) is 82.2 cm³/mol. The van der Waals surface area contributed by atoms with Crippen molar-refractivity contribution in [2.75, 3.05) is 7.11 Å². The molecule has 0 amide bonds. The third-order valence-corrected chi connectivity index (χ3v) is 4.04. The molecule has 8 heteroatoms. The number of esters is 1. The van der Waals surface area contributed by atoms with Crippen LogP contribution in [0.15, 0.2) is 29.3 Å². The molecule has 1 aromatic carbocycles. The van der Waals surface area contributed by atoms with Gasteiger partial charge in [0.05, 0.1) is 18.6 Å². The van der Waals surface area contributed by atoms with Crippen LogP contribution in [0.25, 0.3) is 0 Å². The molecular weight excluding hydrogens is 342 g/mol. The summed E-state index contributed by atoms with van der Waals surface area (Å²) in [6.07, 6.45) is -6.51. The van der Waals surface area contributed by atoms with E-state index >= 15 is 0 Å². The van der Waals surface area contributed by atoms with Crippen molar-refractivity contribution < 1.29 is 31.9 Å². The Morgan fingerprint density at radius 1 is 1.40 bits per heavy atom. The first-order valence-electron chi connectivity index (χ1n) is 7.68. The number of aliphatic imine (C=N–C) groups is 1. The Morgan fingerprint density at radius 2 is 2.08 bits per heavy atom. The number of hydrogen-bond acceptors (Lipinski definition) is 4. The van der Waals surface area contributed by atoms with E-state index in [0.29, 0.717) is 0 Å². The van der Waals surface area contributed by atoms with Crippen molar-refractivity contribution in [1.82, 2.24) is 0 Å². The van der Waals surface area contributed by atoms with Gasteiger partial charge in [0.15, 0.2) is 12.0 Å². The highest BCUT2D eigenvalue weighted by atomic mass is 19.4. The molecule has 0 radical (unpaired) electrons. The average Bonchev–Trinajstić information content (AvgIpc) is 2.85. The lowest BCUT2D eigenvalue weighted by molar-refractivity contribution is -0.142. The summed E-state index contributed by atoms with van der Waals surface area (Å²) in [7, 11) is 1.17. The van der Waals surface area contributed by atoms with E-state index in [-0.39, 0.29) is 24.1 Å². The maximum atomic E-state index is 13.9. The Hall–Kier alpha value is -2.25. The van der Waals surface area contributed by atoms with Gasteiger partial charge in [0, 0.05) is 12.1 Å². The van der Waals surface area contributed by atoms with Gasteiger partial charge in [0.1, 0.15) is 6.04 Å². The number of methoxy groups -OCH3 is 1. The Morgan fingerprint density at radius 3 is 2.64 bits per heavy atom. The molecule has 136 valence electrons. The topological polar surface area (TPSA) is 55.7 Å². The van der Waals surface area contributed by atoms with Crippen molar-refractivity contribution in [3.8, 4) is 0 Å². The number of benzene rings is 1. The minimum absolute atomic E-state index is 0.0124. The molecule has 0 heterocycles. The highest BCUT2D eigenvalue weighted by molar-refractivity contribution is 6.18. The molecule has 25 heavy (non-hydrogen) atoms. The smallest absolute Gasteiger partial charge is 0.416 e. The van der Waals surface area contributed by atoms with Crippen LogP contribution in [-0.4, -0.2) is 36.8 Å². The minimum atomic E-state index is -4.58. The van der Waals surface area contributed by atoms with Gasteiger partial charge in [0.25, 0.3) is 0 Å². The molecule has 4 nitrogen and oxygen atoms in total. The van der Waals surface area contributed by atoms with Crippen LogP contribution >= 0.6 is 0 Å². The summed E-state index contributed by atoms with van der Waals surface area (Å²) >= 11 is 0. The highest BCUT2D eigenvalue weighted by Crippen LogP contribution is 2.35. The molecule has 0 bridgehead atoms. The molecule has 1 aliphatic rings. The van der Waals surface area contributed by atoms with Gasteiger partial charge in [-0.1, -0.05) is 25.1 Å². The number of halogens is 4. The molecule has 0 aliphatic heterocycles. The van der Waals surface area contributed by atoms with Gasteiger partial charge in [-0.05, 0) is 18.1 Å². The monoisotopic (exact) mass is 359 g/mol. The third-order valence-electron chi connectivity index (χ3n) is 4.04. The molecule has 3 atom stereocenters. The van der Waals surface area contributed by atoms with E-state index in [4.69, 9.17) is 0 Å². The van der Waals surface area contributed by atoms with E-state index in [0.717, 1.165) is 18.2 Å². The number of Topliss-reactive ketones (excluding diaryl/α,β-unsaturated/α-hetero) is 1. The van der Waals surface area contributed by atoms with E-state index < -0.39 is 41.6 Å². The summed E-state index contributed by atoms with van der Waals surface area (Å²) in [5.74, 6) is -2.72. The van der Waals surface area contributed by atoms with Crippen LogP contribution in [0.5, 0.6) is 0 Å². The van der Waals surface area contributed by atoms with Gasteiger partial charge in [-0.2, -0.15) is 13.2 Å². The normalized spacial score (nSPS) is 23.8. The maximum absolute atomic E-state index is 13.9. The lowest BCUT2D eigenvalue weighted by Gasteiger charge is -2.15.